The van der Waals surface area contributed by atoms with Gasteiger partial charge in [-0.2, -0.15) is 0 Å². The lowest BCUT2D eigenvalue weighted by atomic mass is 10.1. The number of anilines is 2. The van der Waals surface area contributed by atoms with Gasteiger partial charge in [-0.15, -0.1) is 11.8 Å². The van der Waals surface area contributed by atoms with E-state index in [4.69, 9.17) is 4.74 Å². The van der Waals surface area contributed by atoms with Gasteiger partial charge in [0, 0.05) is 22.3 Å². The third-order valence-corrected chi connectivity index (χ3v) is 6.74. The minimum absolute atomic E-state index is 0.0696. The summed E-state index contributed by atoms with van der Waals surface area (Å²) >= 11 is 1.35. The number of carbonyl (C=O) groups is 3. The molecule has 202 valence electrons. The highest BCUT2D eigenvalue weighted by atomic mass is 32.2. The third kappa shape index (κ3) is 8.05. The van der Waals surface area contributed by atoms with Gasteiger partial charge in [0.1, 0.15) is 17.3 Å². The zero-order valence-electron chi connectivity index (χ0n) is 22.0. The fraction of sp³-hybridized carbons (Fsp3) is 0.0968. The highest BCUT2D eigenvalue weighted by molar-refractivity contribution is 8.00. The average Bonchev–Trinajstić information content (AvgIpc) is 2.98. The SMILES string of the molecule is COc1ccc(/C=C(/NC(=O)c2ccccc2)C(=O)Nc2cccc(SC(C)C(=O)Nc3ccccn3)c2)cc1. The van der Waals surface area contributed by atoms with E-state index in [1.165, 1.54) is 11.8 Å². The minimum atomic E-state index is -0.497. The molecule has 4 aromatic rings. The standard InChI is InChI=1S/C31H28N4O4S/c1-21(29(36)35-28-13-6-7-18-32-28)40-26-12-8-11-24(20-26)33-31(38)27(19-22-14-16-25(39-2)17-15-22)34-30(37)23-9-4-3-5-10-23/h3-21H,1-2H3,(H,33,38)(H,34,37)(H,32,35,36)/b27-19+. The molecule has 0 saturated heterocycles. The summed E-state index contributed by atoms with van der Waals surface area (Å²) in [6, 6.07) is 28.2. The van der Waals surface area contributed by atoms with Gasteiger partial charge in [0.05, 0.1) is 12.4 Å². The van der Waals surface area contributed by atoms with Crippen molar-refractivity contribution in [1.82, 2.24) is 10.3 Å². The van der Waals surface area contributed by atoms with Gasteiger partial charge >= 0.3 is 0 Å². The number of carbonyl (C=O) groups excluding carboxylic acids is 3. The molecule has 8 nitrogen and oxygen atoms in total. The Labute approximate surface area is 236 Å². The van der Waals surface area contributed by atoms with Crippen LogP contribution in [0, 0.1) is 0 Å². The Kier molecular flexibility index (Phi) is 9.68. The number of nitrogens with one attached hydrogen (secondary N) is 3. The summed E-state index contributed by atoms with van der Waals surface area (Å²) in [5.41, 5.74) is 1.71. The number of methoxy groups -OCH3 is 1. The highest BCUT2D eigenvalue weighted by Crippen LogP contribution is 2.27. The molecule has 1 unspecified atom stereocenters. The van der Waals surface area contributed by atoms with Crippen LogP contribution in [0.25, 0.3) is 6.08 Å². The zero-order chi connectivity index (χ0) is 28.3. The van der Waals surface area contributed by atoms with E-state index in [0.29, 0.717) is 28.4 Å². The van der Waals surface area contributed by atoms with Crippen LogP contribution in [0.5, 0.6) is 5.75 Å². The predicted octanol–water partition coefficient (Wildman–Crippen LogP) is 5.62. The predicted molar refractivity (Wildman–Crippen MR) is 158 cm³/mol. The first-order valence-electron chi connectivity index (χ1n) is 12.4. The van der Waals surface area contributed by atoms with Gasteiger partial charge in [-0.1, -0.05) is 42.5 Å². The maximum absolute atomic E-state index is 13.4. The zero-order valence-corrected chi connectivity index (χ0v) is 22.8. The van der Waals surface area contributed by atoms with Crippen molar-refractivity contribution in [3.8, 4) is 5.75 Å². The number of nitrogens with zero attached hydrogens (tertiary/aromatic N) is 1. The first-order chi connectivity index (χ1) is 19.4. The van der Waals surface area contributed by atoms with E-state index in [9.17, 15) is 14.4 Å². The van der Waals surface area contributed by atoms with Gasteiger partial charge in [0.25, 0.3) is 11.8 Å². The molecule has 0 radical (unpaired) electrons. The number of benzene rings is 3. The second kappa shape index (κ2) is 13.8. The fourth-order valence-corrected chi connectivity index (χ4v) is 4.50. The van der Waals surface area contributed by atoms with E-state index in [0.717, 1.165) is 4.90 Å². The molecule has 4 rings (SSSR count). The first kappa shape index (κ1) is 28.1. The lowest BCUT2D eigenvalue weighted by Crippen LogP contribution is -2.30. The number of rotatable bonds is 10. The molecule has 1 aromatic heterocycles. The summed E-state index contributed by atoms with van der Waals surface area (Å²) in [6.45, 7) is 1.79. The summed E-state index contributed by atoms with van der Waals surface area (Å²) < 4.78 is 5.21. The molecule has 0 fully saturated rings. The second-order valence-electron chi connectivity index (χ2n) is 8.60. The lowest BCUT2D eigenvalue weighted by molar-refractivity contribution is -0.115. The van der Waals surface area contributed by atoms with Crippen LogP contribution in [-0.2, 0) is 9.59 Å². The molecular formula is C31H28N4O4S. The van der Waals surface area contributed by atoms with Crippen LogP contribution in [0.15, 0.2) is 114 Å². The van der Waals surface area contributed by atoms with Crippen LogP contribution in [0.1, 0.15) is 22.8 Å². The van der Waals surface area contributed by atoms with Gasteiger partial charge in [0.2, 0.25) is 5.91 Å². The van der Waals surface area contributed by atoms with E-state index >= 15 is 0 Å². The third-order valence-electron chi connectivity index (χ3n) is 5.65. The van der Waals surface area contributed by atoms with Crippen LogP contribution in [0.3, 0.4) is 0 Å². The Morgan fingerprint density at radius 3 is 2.33 bits per heavy atom. The number of aromatic nitrogens is 1. The summed E-state index contributed by atoms with van der Waals surface area (Å²) in [4.78, 5) is 43.7. The van der Waals surface area contributed by atoms with Crippen molar-refractivity contribution in [2.75, 3.05) is 17.7 Å². The lowest BCUT2D eigenvalue weighted by Gasteiger charge is -2.14. The molecule has 9 heteroatoms. The number of pyridine rings is 1. The number of hydrogen-bond donors (Lipinski definition) is 3. The van der Waals surface area contributed by atoms with E-state index < -0.39 is 17.1 Å². The molecule has 0 saturated carbocycles. The van der Waals surface area contributed by atoms with Crippen LogP contribution in [0.4, 0.5) is 11.5 Å². The maximum Gasteiger partial charge on any atom is 0.272 e. The Bertz CT molecular complexity index is 1490. The van der Waals surface area contributed by atoms with E-state index in [-0.39, 0.29) is 11.6 Å². The van der Waals surface area contributed by atoms with Gasteiger partial charge in [-0.25, -0.2) is 4.98 Å². The van der Waals surface area contributed by atoms with Crippen molar-refractivity contribution >= 4 is 47.1 Å². The molecule has 1 heterocycles. The summed E-state index contributed by atoms with van der Waals surface area (Å²) in [6.07, 6.45) is 3.21. The highest BCUT2D eigenvalue weighted by Gasteiger charge is 2.17. The number of amides is 3. The van der Waals surface area contributed by atoms with Gasteiger partial charge in [-0.05, 0) is 73.2 Å². The van der Waals surface area contributed by atoms with Crippen LogP contribution < -0.4 is 20.7 Å². The van der Waals surface area contributed by atoms with E-state index in [1.807, 2.05) is 12.1 Å². The van der Waals surface area contributed by atoms with Crippen molar-refractivity contribution in [2.45, 2.75) is 17.1 Å². The van der Waals surface area contributed by atoms with Crippen molar-refractivity contribution in [3.63, 3.8) is 0 Å². The number of hydrogen-bond acceptors (Lipinski definition) is 6. The summed E-state index contributed by atoms with van der Waals surface area (Å²) in [5.74, 6) is 0.0608. The number of ether oxygens (including phenoxy) is 1. The van der Waals surface area contributed by atoms with Crippen molar-refractivity contribution in [3.05, 3.63) is 120 Å². The monoisotopic (exact) mass is 552 g/mol. The normalized spacial score (nSPS) is 11.7. The molecule has 0 aliphatic heterocycles. The molecule has 0 aliphatic carbocycles. The molecule has 0 aliphatic rings. The number of thioether (sulfide) groups is 1. The fourth-order valence-electron chi connectivity index (χ4n) is 3.58. The minimum Gasteiger partial charge on any atom is -0.497 e. The first-order valence-corrected chi connectivity index (χ1v) is 13.3. The van der Waals surface area contributed by atoms with Gasteiger partial charge in [-0.3, -0.25) is 14.4 Å². The summed E-state index contributed by atoms with van der Waals surface area (Å²) in [5, 5.41) is 7.96. The quantitative estimate of drug-likeness (QED) is 0.174. The molecule has 3 N–H and O–H groups in total. The van der Waals surface area contributed by atoms with Gasteiger partial charge < -0.3 is 20.7 Å². The van der Waals surface area contributed by atoms with Crippen molar-refractivity contribution in [2.24, 2.45) is 0 Å². The molecule has 40 heavy (non-hydrogen) atoms. The van der Waals surface area contributed by atoms with Crippen molar-refractivity contribution < 1.29 is 19.1 Å². The maximum atomic E-state index is 13.4. The van der Waals surface area contributed by atoms with Crippen LogP contribution in [-0.4, -0.2) is 35.1 Å². The Hall–Kier alpha value is -4.89. The second-order valence-corrected chi connectivity index (χ2v) is 10.0. The van der Waals surface area contributed by atoms with Crippen LogP contribution in [0.2, 0.25) is 0 Å². The molecule has 0 spiro atoms. The average molecular weight is 553 g/mol. The molecule has 0 bridgehead atoms. The topological polar surface area (TPSA) is 109 Å². The molecule has 3 amide bonds. The summed E-state index contributed by atoms with van der Waals surface area (Å²) in [7, 11) is 1.57. The van der Waals surface area contributed by atoms with Crippen LogP contribution >= 0.6 is 11.8 Å². The van der Waals surface area contributed by atoms with E-state index in [2.05, 4.69) is 20.9 Å². The van der Waals surface area contributed by atoms with Crippen molar-refractivity contribution in [1.29, 1.82) is 0 Å². The Balaban J connectivity index is 1.48. The Morgan fingerprint density at radius 1 is 0.875 bits per heavy atom. The van der Waals surface area contributed by atoms with E-state index in [1.54, 1.807) is 111 Å². The molecular weight excluding hydrogens is 524 g/mol. The van der Waals surface area contributed by atoms with Gasteiger partial charge in [0.15, 0.2) is 0 Å². The largest absolute Gasteiger partial charge is 0.497 e. The smallest absolute Gasteiger partial charge is 0.272 e. The molecule has 1 atom stereocenters. The Morgan fingerprint density at radius 2 is 1.62 bits per heavy atom. The molecule has 3 aromatic carbocycles.